The van der Waals surface area contributed by atoms with E-state index in [2.05, 4.69) is 27.6 Å². The predicted molar refractivity (Wildman–Crippen MR) is 88.3 cm³/mol. The Morgan fingerprint density at radius 1 is 1.33 bits per heavy atom. The minimum atomic E-state index is -3.48. The van der Waals surface area contributed by atoms with E-state index < -0.39 is 10.0 Å². The van der Waals surface area contributed by atoms with Gasteiger partial charge < -0.3 is 5.73 Å². The van der Waals surface area contributed by atoms with Crippen LogP contribution in [0, 0.1) is 11.8 Å². The summed E-state index contributed by atoms with van der Waals surface area (Å²) in [6, 6.07) is 5.12. The molecule has 1 fully saturated rings. The van der Waals surface area contributed by atoms with Crippen molar-refractivity contribution in [1.29, 1.82) is 0 Å². The van der Waals surface area contributed by atoms with Crippen molar-refractivity contribution in [1.82, 2.24) is 4.72 Å². The lowest BCUT2D eigenvalue weighted by molar-refractivity contribution is 0.257. The summed E-state index contributed by atoms with van der Waals surface area (Å²) in [7, 11) is -3.48. The molecule has 1 saturated carbocycles. The number of hydrogen-bond donors (Lipinski definition) is 2. The summed E-state index contributed by atoms with van der Waals surface area (Å²) in [5.74, 6) is 1.03. The van der Waals surface area contributed by atoms with Gasteiger partial charge in [-0.1, -0.05) is 32.3 Å². The van der Waals surface area contributed by atoms with E-state index >= 15 is 0 Å². The Labute approximate surface area is 135 Å². The van der Waals surface area contributed by atoms with Crippen LogP contribution in [0.5, 0.6) is 0 Å². The number of nitrogens with two attached hydrogens (primary N) is 1. The zero-order valence-electron chi connectivity index (χ0n) is 12.3. The highest BCUT2D eigenvalue weighted by Gasteiger charge is 2.24. The molecule has 1 aromatic rings. The maximum absolute atomic E-state index is 12.4. The van der Waals surface area contributed by atoms with Crippen LogP contribution in [0.4, 0.5) is 0 Å². The van der Waals surface area contributed by atoms with Crippen LogP contribution >= 0.6 is 15.9 Å². The molecule has 0 aromatic heterocycles. The van der Waals surface area contributed by atoms with Crippen LogP contribution in [-0.4, -0.2) is 15.0 Å². The highest BCUT2D eigenvalue weighted by molar-refractivity contribution is 9.10. The second-order valence-corrected chi connectivity index (χ2v) is 8.43. The van der Waals surface area contributed by atoms with Crippen molar-refractivity contribution >= 4 is 26.0 Å². The van der Waals surface area contributed by atoms with E-state index in [9.17, 15) is 8.42 Å². The highest BCUT2D eigenvalue weighted by atomic mass is 79.9. The summed E-state index contributed by atoms with van der Waals surface area (Å²) in [5, 5.41) is 0. The Morgan fingerprint density at radius 3 is 2.67 bits per heavy atom. The van der Waals surface area contributed by atoms with E-state index in [-0.39, 0.29) is 4.90 Å². The maximum atomic E-state index is 12.4. The molecule has 0 saturated heterocycles. The van der Waals surface area contributed by atoms with Crippen molar-refractivity contribution in [3.05, 3.63) is 28.2 Å². The molecule has 1 aliphatic carbocycles. The summed E-state index contributed by atoms with van der Waals surface area (Å²) >= 11 is 3.33. The highest BCUT2D eigenvalue weighted by Crippen LogP contribution is 2.29. The fourth-order valence-corrected chi connectivity index (χ4v) is 5.10. The molecule has 0 radical (unpaired) electrons. The Morgan fingerprint density at radius 2 is 2.05 bits per heavy atom. The first-order valence-electron chi connectivity index (χ1n) is 7.42. The SMILES string of the molecule is CC1CCCCC1CNS(=O)(=O)c1ccc(CN)cc1Br. The molecule has 118 valence electrons. The average molecular weight is 375 g/mol. The normalized spacial score (nSPS) is 23.2. The van der Waals surface area contributed by atoms with Gasteiger partial charge in [-0.25, -0.2) is 13.1 Å². The van der Waals surface area contributed by atoms with Crippen LogP contribution in [0.3, 0.4) is 0 Å². The smallest absolute Gasteiger partial charge is 0.241 e. The predicted octanol–water partition coefficient (Wildman–Crippen LogP) is 3.01. The molecular weight excluding hydrogens is 352 g/mol. The molecule has 2 rings (SSSR count). The molecule has 0 heterocycles. The van der Waals surface area contributed by atoms with Crippen LogP contribution < -0.4 is 10.5 Å². The Balaban J connectivity index is 2.07. The zero-order valence-corrected chi connectivity index (χ0v) is 14.7. The Hall–Kier alpha value is -0.430. The van der Waals surface area contributed by atoms with Crippen molar-refractivity contribution < 1.29 is 8.42 Å². The molecule has 21 heavy (non-hydrogen) atoms. The molecular formula is C15H23BrN2O2S. The van der Waals surface area contributed by atoms with Gasteiger partial charge in [0.15, 0.2) is 0 Å². The van der Waals surface area contributed by atoms with Crippen molar-refractivity contribution in [3.8, 4) is 0 Å². The largest absolute Gasteiger partial charge is 0.326 e. The third-order valence-corrected chi connectivity index (χ3v) is 6.75. The summed E-state index contributed by atoms with van der Waals surface area (Å²) in [6.45, 7) is 3.13. The molecule has 0 spiro atoms. The lowest BCUT2D eigenvalue weighted by Crippen LogP contribution is -2.33. The summed E-state index contributed by atoms with van der Waals surface area (Å²) < 4.78 is 28.2. The van der Waals surface area contributed by atoms with Crippen LogP contribution in [0.1, 0.15) is 38.2 Å². The molecule has 6 heteroatoms. The van der Waals surface area contributed by atoms with Crippen LogP contribution in [0.2, 0.25) is 0 Å². The number of nitrogens with one attached hydrogen (secondary N) is 1. The first-order chi connectivity index (χ1) is 9.94. The average Bonchev–Trinajstić information content (AvgIpc) is 2.46. The zero-order chi connectivity index (χ0) is 15.5. The standard InChI is InChI=1S/C15H23BrN2O2S/c1-11-4-2-3-5-13(11)10-18-21(19,20)15-7-6-12(9-17)8-14(15)16/h6-8,11,13,18H,2-5,9-10,17H2,1H3. The van der Waals surface area contributed by atoms with Crippen LogP contribution in [0.25, 0.3) is 0 Å². The Kier molecular flexibility index (Phi) is 5.82. The van der Waals surface area contributed by atoms with Crippen molar-refractivity contribution in [2.75, 3.05) is 6.54 Å². The minimum Gasteiger partial charge on any atom is -0.326 e. The molecule has 2 unspecified atom stereocenters. The van der Waals surface area contributed by atoms with E-state index in [4.69, 9.17) is 5.73 Å². The first kappa shape index (κ1) is 16.9. The molecule has 0 bridgehead atoms. The van der Waals surface area contributed by atoms with Gasteiger partial charge >= 0.3 is 0 Å². The second kappa shape index (κ2) is 7.22. The lowest BCUT2D eigenvalue weighted by Gasteiger charge is -2.28. The summed E-state index contributed by atoms with van der Waals surface area (Å²) in [5.41, 5.74) is 6.47. The summed E-state index contributed by atoms with van der Waals surface area (Å²) in [4.78, 5) is 0.281. The fourth-order valence-electron chi connectivity index (χ4n) is 2.88. The van der Waals surface area contributed by atoms with E-state index in [1.54, 1.807) is 18.2 Å². The van der Waals surface area contributed by atoms with Gasteiger partial charge in [-0.2, -0.15) is 0 Å². The van der Waals surface area contributed by atoms with E-state index in [0.717, 1.165) is 12.0 Å². The van der Waals surface area contributed by atoms with Crippen LogP contribution in [-0.2, 0) is 16.6 Å². The first-order valence-corrected chi connectivity index (χ1v) is 9.70. The van der Waals surface area contributed by atoms with Crippen molar-refractivity contribution in [3.63, 3.8) is 0 Å². The van der Waals surface area contributed by atoms with E-state index in [0.29, 0.717) is 29.4 Å². The third kappa shape index (κ3) is 4.28. The molecule has 0 aliphatic heterocycles. The van der Waals surface area contributed by atoms with Gasteiger partial charge in [0, 0.05) is 17.6 Å². The monoisotopic (exact) mass is 374 g/mol. The van der Waals surface area contributed by atoms with E-state index in [1.165, 1.54) is 19.3 Å². The molecule has 3 N–H and O–H groups in total. The number of benzene rings is 1. The quantitative estimate of drug-likeness (QED) is 0.831. The maximum Gasteiger partial charge on any atom is 0.241 e. The number of halogens is 1. The van der Waals surface area contributed by atoms with Gasteiger partial charge in [-0.05, 0) is 51.9 Å². The van der Waals surface area contributed by atoms with Crippen molar-refractivity contribution in [2.45, 2.75) is 44.0 Å². The molecule has 4 nitrogen and oxygen atoms in total. The van der Waals surface area contributed by atoms with Gasteiger partial charge in [0.1, 0.15) is 0 Å². The summed E-state index contributed by atoms with van der Waals surface area (Å²) in [6.07, 6.45) is 4.76. The topological polar surface area (TPSA) is 72.2 Å². The number of hydrogen-bond acceptors (Lipinski definition) is 3. The molecule has 2 atom stereocenters. The molecule has 0 amide bonds. The third-order valence-electron chi connectivity index (χ3n) is 4.35. The molecule has 1 aliphatic rings. The number of rotatable bonds is 5. The van der Waals surface area contributed by atoms with Gasteiger partial charge in [0.25, 0.3) is 0 Å². The van der Waals surface area contributed by atoms with Gasteiger partial charge in [0.2, 0.25) is 10.0 Å². The van der Waals surface area contributed by atoms with Gasteiger partial charge in [-0.15, -0.1) is 0 Å². The number of sulfonamides is 1. The molecule has 1 aromatic carbocycles. The van der Waals surface area contributed by atoms with Crippen LogP contribution in [0.15, 0.2) is 27.6 Å². The van der Waals surface area contributed by atoms with Gasteiger partial charge in [-0.3, -0.25) is 0 Å². The fraction of sp³-hybridized carbons (Fsp3) is 0.600. The van der Waals surface area contributed by atoms with Crippen molar-refractivity contribution in [2.24, 2.45) is 17.6 Å². The van der Waals surface area contributed by atoms with Gasteiger partial charge in [0.05, 0.1) is 4.90 Å². The van der Waals surface area contributed by atoms with E-state index in [1.807, 2.05) is 0 Å². The second-order valence-electron chi connectivity index (χ2n) is 5.84. The lowest BCUT2D eigenvalue weighted by atomic mass is 9.81. The minimum absolute atomic E-state index is 0.281. The Bertz CT molecular complexity index is 589.